The molecule has 0 saturated heterocycles. The minimum atomic E-state index is 0. The van der Waals surface area contributed by atoms with Crippen LogP contribution < -0.4 is 29.6 Å². The van der Waals surface area contributed by atoms with Gasteiger partial charge in [0, 0.05) is 0 Å². The maximum atomic E-state index is 3.99. The Kier molecular flexibility index (Phi) is 4.47. The van der Waals surface area contributed by atoms with Gasteiger partial charge >= 0.3 is 29.6 Å². The van der Waals surface area contributed by atoms with Gasteiger partial charge in [0.1, 0.15) is 0 Å². The number of thiol groups is 1. The Morgan fingerprint density at radius 1 is 1.71 bits per heavy atom. The summed E-state index contributed by atoms with van der Waals surface area (Å²) < 4.78 is 0.968. The van der Waals surface area contributed by atoms with E-state index in [-0.39, 0.29) is 29.6 Å². The van der Waals surface area contributed by atoms with Crippen LogP contribution in [-0.4, -0.2) is 4.98 Å². The molecule has 1 aromatic heterocycles. The van der Waals surface area contributed by atoms with E-state index < -0.39 is 0 Å². The van der Waals surface area contributed by atoms with E-state index in [2.05, 4.69) is 17.6 Å². The predicted molar refractivity (Wildman–Crippen MR) is 29.4 cm³/mol. The maximum absolute atomic E-state index is 3.99. The van der Waals surface area contributed by atoms with Gasteiger partial charge in [0.15, 0.2) is 0 Å². The molecule has 0 spiro atoms. The summed E-state index contributed by atoms with van der Waals surface area (Å²) in [5, 5.41) is 0. The Bertz CT molecular complexity index is 116. The first kappa shape index (κ1) is 7.98. The molecule has 7 heavy (non-hydrogen) atoms. The molecular formula is C3H3NNaS2+. The summed E-state index contributed by atoms with van der Waals surface area (Å²) in [5.41, 5.74) is 1.75. The van der Waals surface area contributed by atoms with Crippen LogP contribution in [0.25, 0.3) is 0 Å². The fraction of sp³-hybridized carbons (Fsp3) is 0. The molecule has 0 bridgehead atoms. The van der Waals surface area contributed by atoms with Gasteiger partial charge in [-0.15, -0.1) is 24.0 Å². The summed E-state index contributed by atoms with van der Waals surface area (Å²) in [6.45, 7) is 0. The summed E-state index contributed by atoms with van der Waals surface area (Å²) >= 11 is 5.52. The van der Waals surface area contributed by atoms with Crippen LogP contribution >= 0.6 is 24.0 Å². The summed E-state index contributed by atoms with van der Waals surface area (Å²) in [6, 6.07) is 0. The molecule has 0 unspecified atom stereocenters. The van der Waals surface area contributed by atoms with Gasteiger partial charge in [-0.1, -0.05) is 0 Å². The van der Waals surface area contributed by atoms with Crippen molar-refractivity contribution < 1.29 is 29.6 Å². The van der Waals surface area contributed by atoms with Gasteiger partial charge in [0.2, 0.25) is 0 Å². The molecule has 1 nitrogen and oxygen atoms in total. The zero-order valence-corrected chi connectivity index (χ0v) is 7.67. The number of hydrogen-bond donors (Lipinski definition) is 1. The Morgan fingerprint density at radius 2 is 2.43 bits per heavy atom. The molecule has 1 rings (SSSR count). The number of aromatic nitrogens is 1. The second-order valence-corrected chi connectivity index (χ2v) is 2.51. The van der Waals surface area contributed by atoms with Gasteiger partial charge in [0.05, 0.1) is 15.9 Å². The molecule has 0 fully saturated rings. The first-order valence-electron chi connectivity index (χ1n) is 1.47. The van der Waals surface area contributed by atoms with Crippen LogP contribution in [0.15, 0.2) is 15.9 Å². The number of thiazole rings is 1. The van der Waals surface area contributed by atoms with Crippen LogP contribution in [-0.2, 0) is 0 Å². The molecule has 0 N–H and O–H groups in total. The van der Waals surface area contributed by atoms with Crippen LogP contribution in [0.1, 0.15) is 0 Å². The molecule has 0 amide bonds. The van der Waals surface area contributed by atoms with E-state index >= 15 is 0 Å². The van der Waals surface area contributed by atoms with E-state index in [0.29, 0.717) is 0 Å². The average molecular weight is 140 g/mol. The zero-order chi connectivity index (χ0) is 4.41. The number of rotatable bonds is 0. The zero-order valence-electron chi connectivity index (χ0n) is 3.96. The first-order valence-corrected chi connectivity index (χ1v) is 2.80. The largest absolute Gasteiger partial charge is 1.00 e. The van der Waals surface area contributed by atoms with Crippen LogP contribution in [0.4, 0.5) is 0 Å². The quantitative estimate of drug-likeness (QED) is 0.339. The molecule has 4 heteroatoms. The molecule has 1 heterocycles. The van der Waals surface area contributed by atoms with Crippen molar-refractivity contribution in [2.24, 2.45) is 0 Å². The molecule has 0 aliphatic rings. The van der Waals surface area contributed by atoms with Crippen LogP contribution in [0.5, 0.6) is 0 Å². The predicted octanol–water partition coefficient (Wildman–Crippen LogP) is -1.56. The Morgan fingerprint density at radius 3 is 2.57 bits per heavy atom. The molecule has 0 atom stereocenters. The van der Waals surface area contributed by atoms with Gasteiger partial charge in [-0.2, -0.15) is 0 Å². The standard InChI is InChI=1S/C3H3NS2.Na/c5-3-1-4-2-6-3;/h1-2,5H;/q;+1. The smallest absolute Gasteiger partial charge is 0.252 e. The average Bonchev–Trinajstić information content (AvgIpc) is 1.86. The third-order valence-electron chi connectivity index (χ3n) is 0.419. The molecule has 0 aromatic carbocycles. The first-order chi connectivity index (χ1) is 2.89. The summed E-state index contributed by atoms with van der Waals surface area (Å²) in [5.74, 6) is 0. The van der Waals surface area contributed by atoms with E-state index in [9.17, 15) is 0 Å². The minimum Gasteiger partial charge on any atom is -0.252 e. The van der Waals surface area contributed by atoms with Gasteiger partial charge in [-0.25, -0.2) is 0 Å². The second-order valence-electron chi connectivity index (χ2n) is 0.840. The molecule has 32 valence electrons. The molecule has 1 aromatic rings. The van der Waals surface area contributed by atoms with Crippen molar-refractivity contribution in [3.05, 3.63) is 11.7 Å². The maximum Gasteiger partial charge on any atom is 1.00 e. The van der Waals surface area contributed by atoms with Crippen LogP contribution in [0.3, 0.4) is 0 Å². The fourth-order valence-corrected chi connectivity index (χ4v) is 0.769. The van der Waals surface area contributed by atoms with E-state index in [4.69, 9.17) is 0 Å². The summed E-state index contributed by atoms with van der Waals surface area (Å²) in [4.78, 5) is 3.76. The van der Waals surface area contributed by atoms with E-state index in [1.165, 1.54) is 11.3 Å². The van der Waals surface area contributed by atoms with E-state index in [1.54, 1.807) is 11.7 Å². The van der Waals surface area contributed by atoms with Crippen molar-refractivity contribution in [2.45, 2.75) is 4.21 Å². The Balaban J connectivity index is 0.000000360. The molecule has 0 aliphatic heterocycles. The SMILES string of the molecule is Sc1cncs1.[Na+]. The van der Waals surface area contributed by atoms with Gasteiger partial charge in [-0.05, 0) is 0 Å². The van der Waals surface area contributed by atoms with Gasteiger partial charge in [-0.3, -0.25) is 4.98 Å². The summed E-state index contributed by atoms with van der Waals surface area (Å²) in [6.07, 6.45) is 1.72. The van der Waals surface area contributed by atoms with E-state index in [0.717, 1.165) is 4.21 Å². The van der Waals surface area contributed by atoms with Crippen LogP contribution in [0, 0.1) is 0 Å². The van der Waals surface area contributed by atoms with Crippen molar-refractivity contribution >= 4 is 24.0 Å². The molecular weight excluding hydrogens is 137 g/mol. The third-order valence-corrected chi connectivity index (χ3v) is 1.43. The van der Waals surface area contributed by atoms with Crippen molar-refractivity contribution in [1.29, 1.82) is 0 Å². The van der Waals surface area contributed by atoms with Crippen molar-refractivity contribution in [2.75, 3.05) is 0 Å². The van der Waals surface area contributed by atoms with Crippen molar-refractivity contribution in [3.8, 4) is 0 Å². The monoisotopic (exact) mass is 140 g/mol. The molecule has 0 saturated carbocycles. The number of hydrogen-bond acceptors (Lipinski definition) is 3. The normalized spacial score (nSPS) is 7.57. The van der Waals surface area contributed by atoms with Crippen LogP contribution in [0.2, 0.25) is 0 Å². The minimum absolute atomic E-state index is 0. The molecule has 0 radical (unpaired) electrons. The second kappa shape index (κ2) is 3.92. The summed E-state index contributed by atoms with van der Waals surface area (Å²) in [7, 11) is 0. The van der Waals surface area contributed by atoms with E-state index in [1.807, 2.05) is 0 Å². The van der Waals surface area contributed by atoms with Crippen molar-refractivity contribution in [3.63, 3.8) is 0 Å². The van der Waals surface area contributed by atoms with Gasteiger partial charge < -0.3 is 0 Å². The Labute approximate surface area is 73.9 Å². The molecule has 0 aliphatic carbocycles. The topological polar surface area (TPSA) is 12.9 Å². The number of nitrogens with zero attached hydrogens (tertiary/aromatic N) is 1. The van der Waals surface area contributed by atoms with Crippen molar-refractivity contribution in [1.82, 2.24) is 4.98 Å². The third kappa shape index (κ3) is 2.72. The van der Waals surface area contributed by atoms with Gasteiger partial charge in [0.25, 0.3) is 0 Å². The Hall–Kier alpha value is 0.980. The fourth-order valence-electron chi connectivity index (χ4n) is 0.209.